The summed E-state index contributed by atoms with van der Waals surface area (Å²) < 4.78 is 13.6. The molecule has 5 nitrogen and oxygen atoms in total. The molecule has 2 fully saturated rings. The Labute approximate surface area is 202 Å². The fourth-order valence-corrected chi connectivity index (χ4v) is 5.72. The maximum Gasteiger partial charge on any atom is 0.251 e. The number of benzene rings is 2. The van der Waals surface area contributed by atoms with Crippen LogP contribution in [0, 0.1) is 12.7 Å². The molecule has 1 unspecified atom stereocenters. The molecule has 3 aromatic rings. The molecule has 34 heavy (non-hydrogen) atoms. The number of amides is 1. The van der Waals surface area contributed by atoms with Gasteiger partial charge in [-0.1, -0.05) is 36.2 Å². The summed E-state index contributed by atoms with van der Waals surface area (Å²) in [7, 11) is 0. The number of nitrogens with zero attached hydrogens (tertiary/aromatic N) is 1. The van der Waals surface area contributed by atoms with Gasteiger partial charge in [0.15, 0.2) is 0 Å². The number of carbonyl (C=O) groups is 2. The Bertz CT molecular complexity index is 1200. The summed E-state index contributed by atoms with van der Waals surface area (Å²) in [5.41, 5.74) is 2.66. The van der Waals surface area contributed by atoms with Crippen LogP contribution in [0.4, 0.5) is 4.39 Å². The summed E-state index contributed by atoms with van der Waals surface area (Å²) >= 11 is 1.51. The van der Waals surface area contributed by atoms with Crippen LogP contribution in [-0.4, -0.2) is 35.3 Å². The first kappa shape index (κ1) is 22.9. The van der Waals surface area contributed by atoms with Crippen LogP contribution in [0.5, 0.6) is 0 Å². The van der Waals surface area contributed by atoms with Crippen LogP contribution in [0.2, 0.25) is 0 Å². The Morgan fingerprint density at radius 2 is 1.91 bits per heavy atom. The number of halogens is 1. The van der Waals surface area contributed by atoms with Crippen molar-refractivity contribution in [2.45, 2.75) is 57.0 Å². The molecular formula is C27H28FN3O2S. The minimum absolute atomic E-state index is 0.165. The van der Waals surface area contributed by atoms with Gasteiger partial charge < -0.3 is 10.6 Å². The number of thiazole rings is 1. The average Bonchev–Trinajstić information content (AvgIpc) is 3.61. The third-order valence-corrected chi connectivity index (χ3v) is 7.78. The minimum Gasteiger partial charge on any atom is -0.340 e. The van der Waals surface area contributed by atoms with Gasteiger partial charge >= 0.3 is 0 Å². The molecule has 1 aliphatic heterocycles. The molecule has 2 heterocycles. The highest BCUT2D eigenvalue weighted by Crippen LogP contribution is 2.45. The molecule has 1 saturated carbocycles. The Kier molecular flexibility index (Phi) is 6.57. The van der Waals surface area contributed by atoms with Crippen molar-refractivity contribution in [3.63, 3.8) is 0 Å². The molecule has 2 N–H and O–H groups in total. The van der Waals surface area contributed by atoms with Crippen molar-refractivity contribution in [1.82, 2.24) is 15.6 Å². The van der Waals surface area contributed by atoms with Gasteiger partial charge in [0.1, 0.15) is 17.6 Å². The van der Waals surface area contributed by atoms with E-state index >= 15 is 0 Å². The van der Waals surface area contributed by atoms with Crippen LogP contribution in [0.3, 0.4) is 0 Å². The van der Waals surface area contributed by atoms with E-state index in [4.69, 9.17) is 4.98 Å². The van der Waals surface area contributed by atoms with Crippen LogP contribution in [-0.2, 0) is 0 Å². The van der Waals surface area contributed by atoms with E-state index in [0.29, 0.717) is 17.2 Å². The second-order valence-electron chi connectivity index (χ2n) is 9.25. The van der Waals surface area contributed by atoms with Gasteiger partial charge in [0.05, 0.1) is 9.88 Å². The second kappa shape index (κ2) is 9.76. The van der Waals surface area contributed by atoms with E-state index in [2.05, 4.69) is 10.6 Å². The maximum absolute atomic E-state index is 14.0. The topological polar surface area (TPSA) is 71.1 Å². The number of piperidine rings is 1. The number of Topliss-reactive ketones (excluding diaryl/α,β-unsaturated/α-hetero) is 1. The fraction of sp³-hybridized carbons (Fsp3) is 0.370. The number of ketones is 1. The number of aryl methyl sites for hydroxylation is 1. The van der Waals surface area contributed by atoms with Crippen LogP contribution < -0.4 is 10.6 Å². The van der Waals surface area contributed by atoms with Gasteiger partial charge in [-0.15, -0.1) is 11.3 Å². The zero-order chi connectivity index (χ0) is 23.7. The molecule has 1 aliphatic carbocycles. The van der Waals surface area contributed by atoms with Gasteiger partial charge in [-0.25, -0.2) is 9.37 Å². The van der Waals surface area contributed by atoms with Crippen molar-refractivity contribution >= 4 is 23.0 Å². The smallest absolute Gasteiger partial charge is 0.251 e. The largest absolute Gasteiger partial charge is 0.340 e. The van der Waals surface area contributed by atoms with Crippen molar-refractivity contribution in [2.24, 2.45) is 0 Å². The van der Waals surface area contributed by atoms with Crippen LogP contribution in [0.25, 0.3) is 10.4 Å². The summed E-state index contributed by atoms with van der Waals surface area (Å²) in [6, 6.07) is 12.6. The van der Waals surface area contributed by atoms with E-state index in [-0.39, 0.29) is 23.5 Å². The first-order valence-corrected chi connectivity index (χ1v) is 12.7. The fourth-order valence-electron chi connectivity index (χ4n) is 4.48. The van der Waals surface area contributed by atoms with Gasteiger partial charge in [0.2, 0.25) is 5.78 Å². The van der Waals surface area contributed by atoms with E-state index in [0.717, 1.165) is 59.7 Å². The van der Waals surface area contributed by atoms with E-state index < -0.39 is 6.04 Å². The third kappa shape index (κ3) is 4.95. The zero-order valence-electron chi connectivity index (χ0n) is 19.1. The predicted molar refractivity (Wildman–Crippen MR) is 132 cm³/mol. The lowest BCUT2D eigenvalue weighted by molar-refractivity contribution is 0.0823. The molecule has 0 spiro atoms. The van der Waals surface area contributed by atoms with Crippen LogP contribution >= 0.6 is 11.3 Å². The summed E-state index contributed by atoms with van der Waals surface area (Å²) in [5.74, 6) is -0.393. The first-order chi connectivity index (χ1) is 16.5. The normalized spacial score (nSPS) is 18.9. The molecule has 1 amide bonds. The lowest BCUT2D eigenvalue weighted by Crippen LogP contribution is -2.55. The van der Waals surface area contributed by atoms with Crippen molar-refractivity contribution in [3.05, 3.63) is 76.2 Å². The van der Waals surface area contributed by atoms with Crippen molar-refractivity contribution in [2.75, 3.05) is 6.54 Å². The monoisotopic (exact) mass is 477 g/mol. The molecule has 1 saturated heterocycles. The lowest BCUT2D eigenvalue weighted by Gasteiger charge is -2.31. The quantitative estimate of drug-likeness (QED) is 0.456. The first-order valence-electron chi connectivity index (χ1n) is 11.9. The highest BCUT2D eigenvalue weighted by molar-refractivity contribution is 7.15. The number of hydrogen-bond acceptors (Lipinski definition) is 5. The molecule has 2 aliphatic rings. The van der Waals surface area contributed by atoms with E-state index in [1.54, 1.807) is 18.2 Å². The number of nitrogens with one attached hydrogen (secondary N) is 2. The Morgan fingerprint density at radius 3 is 2.59 bits per heavy atom. The molecule has 1 aromatic heterocycles. The average molecular weight is 478 g/mol. The number of rotatable bonds is 7. The van der Waals surface area contributed by atoms with Gasteiger partial charge in [-0.3, -0.25) is 9.59 Å². The van der Waals surface area contributed by atoms with Crippen molar-refractivity contribution in [3.8, 4) is 10.4 Å². The highest BCUT2D eigenvalue weighted by Gasteiger charge is 2.36. The van der Waals surface area contributed by atoms with Crippen molar-refractivity contribution in [1.29, 1.82) is 0 Å². The molecule has 5 rings (SSSR count). The molecule has 176 valence electrons. The summed E-state index contributed by atoms with van der Waals surface area (Å²) in [5, 5.41) is 7.41. The maximum atomic E-state index is 14.0. The predicted octanol–water partition coefficient (Wildman–Crippen LogP) is 5.26. The Morgan fingerprint density at radius 1 is 1.12 bits per heavy atom. The van der Waals surface area contributed by atoms with Gasteiger partial charge in [-0.05, 0) is 69.0 Å². The Balaban J connectivity index is 1.50. The molecular weight excluding hydrogens is 449 g/mol. The number of carbonyl (C=O) groups excluding carboxylic acids is 2. The SMILES string of the molecule is Cc1cccc(C(=O)N[C@H](C(=O)c2nc(C3CC3)sc2-c2ccc(F)cc2)C2CCCCN2)c1. The summed E-state index contributed by atoms with van der Waals surface area (Å²) in [6.45, 7) is 2.75. The van der Waals surface area contributed by atoms with E-state index in [9.17, 15) is 14.0 Å². The number of aromatic nitrogens is 1. The number of hydrogen-bond donors (Lipinski definition) is 2. The van der Waals surface area contributed by atoms with Gasteiger partial charge in [0.25, 0.3) is 5.91 Å². The lowest BCUT2D eigenvalue weighted by atomic mass is 9.92. The molecule has 0 radical (unpaired) electrons. The Hall–Kier alpha value is -2.90. The van der Waals surface area contributed by atoms with Gasteiger partial charge in [-0.2, -0.15) is 0 Å². The van der Waals surface area contributed by atoms with Crippen LogP contribution in [0.15, 0.2) is 48.5 Å². The zero-order valence-corrected chi connectivity index (χ0v) is 20.0. The summed E-state index contributed by atoms with van der Waals surface area (Å²) in [4.78, 5) is 32.7. The second-order valence-corrected chi connectivity index (χ2v) is 10.3. The summed E-state index contributed by atoms with van der Waals surface area (Å²) in [6.07, 6.45) is 4.99. The van der Waals surface area contributed by atoms with E-state index in [1.165, 1.54) is 23.5 Å². The van der Waals surface area contributed by atoms with E-state index in [1.807, 2.05) is 25.1 Å². The van der Waals surface area contributed by atoms with Gasteiger partial charge in [0, 0.05) is 17.5 Å². The standard InChI is InChI=1S/C27H28FN3O2S/c1-16-5-4-6-19(15-16)26(33)30-22(21-7-2-3-14-29-21)24(32)23-25(17-10-12-20(28)13-11-17)34-27(31-23)18-8-9-18/h4-6,10-13,15,18,21-22,29H,2-3,7-9,14H2,1H3,(H,30,33)/t21?,22-/m0/s1. The molecule has 0 bridgehead atoms. The highest BCUT2D eigenvalue weighted by atomic mass is 32.1. The molecule has 2 aromatic carbocycles. The molecule has 2 atom stereocenters. The minimum atomic E-state index is -0.735. The third-order valence-electron chi connectivity index (χ3n) is 6.51. The molecule has 7 heteroatoms. The van der Waals surface area contributed by atoms with Crippen molar-refractivity contribution < 1.29 is 14.0 Å². The van der Waals surface area contributed by atoms with Crippen LogP contribution in [0.1, 0.15) is 69.4 Å².